The van der Waals surface area contributed by atoms with E-state index in [0.29, 0.717) is 26.4 Å². The summed E-state index contributed by atoms with van der Waals surface area (Å²) in [6.07, 6.45) is -0.593. The number of rotatable bonds is 12. The average Bonchev–Trinajstić information content (AvgIpc) is 2.36. The molecule has 0 aliphatic heterocycles. The number of hydrogen-bond acceptors (Lipinski definition) is 7. The standard InChI is InChI=1S/C11H22O7/c1-4-14-8-10(12)18-17-9-11(15-5-2)16-7-6-13-3/h11H,4-9H2,1-3H3. The van der Waals surface area contributed by atoms with Crippen LogP contribution in [-0.2, 0) is 33.5 Å². The molecular formula is C11H22O7. The summed E-state index contributed by atoms with van der Waals surface area (Å²) < 4.78 is 20.2. The summed E-state index contributed by atoms with van der Waals surface area (Å²) in [6.45, 7) is 5.20. The second kappa shape index (κ2) is 12.7. The first-order valence-electron chi connectivity index (χ1n) is 5.86. The summed E-state index contributed by atoms with van der Waals surface area (Å²) in [5, 5.41) is 0. The predicted molar refractivity (Wildman–Crippen MR) is 61.8 cm³/mol. The molecule has 0 aromatic heterocycles. The maximum atomic E-state index is 11.0. The Balaban J connectivity index is 3.64. The summed E-state index contributed by atoms with van der Waals surface area (Å²) in [5.41, 5.74) is 0. The van der Waals surface area contributed by atoms with Crippen LogP contribution in [0.4, 0.5) is 0 Å². The lowest BCUT2D eigenvalue weighted by Crippen LogP contribution is -2.26. The number of hydrogen-bond donors (Lipinski definition) is 0. The van der Waals surface area contributed by atoms with Gasteiger partial charge in [-0.3, -0.25) is 4.89 Å². The van der Waals surface area contributed by atoms with Gasteiger partial charge in [-0.15, -0.1) is 0 Å². The van der Waals surface area contributed by atoms with Crippen molar-refractivity contribution in [3.63, 3.8) is 0 Å². The Labute approximate surface area is 107 Å². The molecule has 0 radical (unpaired) electrons. The van der Waals surface area contributed by atoms with Crippen LogP contribution in [0, 0.1) is 0 Å². The van der Waals surface area contributed by atoms with Gasteiger partial charge in [-0.25, -0.2) is 4.79 Å². The van der Waals surface area contributed by atoms with Crippen LogP contribution < -0.4 is 0 Å². The first-order valence-corrected chi connectivity index (χ1v) is 5.86. The number of ether oxygens (including phenoxy) is 4. The second-order valence-electron chi connectivity index (χ2n) is 3.13. The van der Waals surface area contributed by atoms with Crippen molar-refractivity contribution in [3.05, 3.63) is 0 Å². The fourth-order valence-corrected chi connectivity index (χ4v) is 0.958. The van der Waals surface area contributed by atoms with Crippen LogP contribution in [0.15, 0.2) is 0 Å². The van der Waals surface area contributed by atoms with Crippen LogP contribution in [0.5, 0.6) is 0 Å². The molecule has 1 unspecified atom stereocenters. The van der Waals surface area contributed by atoms with Gasteiger partial charge in [-0.2, -0.15) is 4.89 Å². The smallest absolute Gasteiger partial charge is 0.367 e. The van der Waals surface area contributed by atoms with Gasteiger partial charge in [0.15, 0.2) is 6.29 Å². The number of carbonyl (C=O) groups excluding carboxylic acids is 1. The summed E-state index contributed by atoms with van der Waals surface area (Å²) in [4.78, 5) is 20.2. The van der Waals surface area contributed by atoms with E-state index in [4.69, 9.17) is 23.8 Å². The minimum absolute atomic E-state index is 0.00454. The van der Waals surface area contributed by atoms with E-state index in [9.17, 15) is 4.79 Å². The van der Waals surface area contributed by atoms with Crippen molar-refractivity contribution in [2.75, 3.05) is 46.8 Å². The maximum Gasteiger partial charge on any atom is 0.367 e. The van der Waals surface area contributed by atoms with Crippen LogP contribution in [0.2, 0.25) is 0 Å². The maximum absolute atomic E-state index is 11.0. The van der Waals surface area contributed by atoms with Crippen molar-refractivity contribution in [2.24, 2.45) is 0 Å². The van der Waals surface area contributed by atoms with Crippen LogP contribution >= 0.6 is 0 Å². The molecule has 1 atom stereocenters. The van der Waals surface area contributed by atoms with Gasteiger partial charge in [0, 0.05) is 20.3 Å². The lowest BCUT2D eigenvalue weighted by atomic mass is 10.6. The van der Waals surface area contributed by atoms with Crippen LogP contribution in [0.1, 0.15) is 13.8 Å². The van der Waals surface area contributed by atoms with E-state index in [-0.39, 0.29) is 13.2 Å². The summed E-state index contributed by atoms with van der Waals surface area (Å²) in [7, 11) is 1.57. The highest BCUT2D eigenvalue weighted by atomic mass is 17.2. The lowest BCUT2D eigenvalue weighted by Gasteiger charge is -2.16. The molecule has 0 spiro atoms. The van der Waals surface area contributed by atoms with Gasteiger partial charge in [0.05, 0.1) is 13.2 Å². The molecule has 7 heteroatoms. The monoisotopic (exact) mass is 266 g/mol. The molecule has 0 amide bonds. The van der Waals surface area contributed by atoms with Crippen LogP contribution in [0.3, 0.4) is 0 Å². The average molecular weight is 266 g/mol. The van der Waals surface area contributed by atoms with Crippen molar-refractivity contribution in [1.29, 1.82) is 0 Å². The van der Waals surface area contributed by atoms with Crippen molar-refractivity contribution in [2.45, 2.75) is 20.1 Å². The molecule has 0 aliphatic rings. The summed E-state index contributed by atoms with van der Waals surface area (Å²) in [5.74, 6) is -0.594. The minimum Gasteiger partial charge on any atom is -0.382 e. The predicted octanol–water partition coefficient (Wildman–Crippen LogP) is 0.523. The molecule has 18 heavy (non-hydrogen) atoms. The van der Waals surface area contributed by atoms with E-state index in [1.807, 2.05) is 6.92 Å². The van der Waals surface area contributed by atoms with E-state index >= 15 is 0 Å². The van der Waals surface area contributed by atoms with E-state index in [1.165, 1.54) is 0 Å². The molecule has 0 saturated heterocycles. The quantitative estimate of drug-likeness (QED) is 0.221. The third-order valence-corrected chi connectivity index (χ3v) is 1.72. The third-order valence-electron chi connectivity index (χ3n) is 1.72. The first kappa shape index (κ1) is 17.3. The van der Waals surface area contributed by atoms with E-state index in [0.717, 1.165) is 0 Å². The van der Waals surface area contributed by atoms with Crippen molar-refractivity contribution < 1.29 is 33.5 Å². The molecule has 0 aromatic carbocycles. The number of methoxy groups -OCH3 is 1. The lowest BCUT2D eigenvalue weighted by molar-refractivity contribution is -0.308. The van der Waals surface area contributed by atoms with Gasteiger partial charge in [0.1, 0.15) is 13.2 Å². The zero-order valence-corrected chi connectivity index (χ0v) is 11.2. The molecule has 0 N–H and O–H groups in total. The van der Waals surface area contributed by atoms with Gasteiger partial charge >= 0.3 is 5.97 Å². The van der Waals surface area contributed by atoms with Crippen molar-refractivity contribution >= 4 is 5.97 Å². The van der Waals surface area contributed by atoms with Gasteiger partial charge < -0.3 is 18.9 Å². The minimum atomic E-state index is -0.594. The molecule has 0 aromatic rings. The highest BCUT2D eigenvalue weighted by molar-refractivity contribution is 5.69. The fourth-order valence-electron chi connectivity index (χ4n) is 0.958. The molecule has 108 valence electrons. The number of carbonyl (C=O) groups is 1. The van der Waals surface area contributed by atoms with Crippen LogP contribution in [-0.4, -0.2) is 59.0 Å². The molecule has 7 nitrogen and oxygen atoms in total. The Morgan fingerprint density at radius 2 is 1.89 bits per heavy atom. The topological polar surface area (TPSA) is 72.5 Å². The SMILES string of the molecule is CCOCC(=O)OOCC(OCC)OCCOC. The molecule has 0 heterocycles. The Bertz CT molecular complexity index is 198. The van der Waals surface area contributed by atoms with Gasteiger partial charge in [0.2, 0.25) is 0 Å². The Kier molecular flexibility index (Phi) is 12.2. The molecule has 0 bridgehead atoms. The zero-order valence-electron chi connectivity index (χ0n) is 11.2. The van der Waals surface area contributed by atoms with Gasteiger partial charge in [-0.1, -0.05) is 0 Å². The molecular weight excluding hydrogens is 244 g/mol. The molecule has 0 rings (SSSR count). The Morgan fingerprint density at radius 1 is 1.11 bits per heavy atom. The molecule has 0 aliphatic carbocycles. The van der Waals surface area contributed by atoms with E-state index in [1.54, 1.807) is 14.0 Å². The van der Waals surface area contributed by atoms with E-state index in [2.05, 4.69) is 4.89 Å². The normalized spacial score (nSPS) is 12.4. The van der Waals surface area contributed by atoms with Crippen molar-refractivity contribution in [3.8, 4) is 0 Å². The summed E-state index contributed by atoms with van der Waals surface area (Å²) >= 11 is 0. The zero-order chi connectivity index (χ0) is 13.6. The highest BCUT2D eigenvalue weighted by Crippen LogP contribution is 1.97. The van der Waals surface area contributed by atoms with Gasteiger partial charge in [0.25, 0.3) is 0 Å². The van der Waals surface area contributed by atoms with E-state index < -0.39 is 12.3 Å². The van der Waals surface area contributed by atoms with Crippen LogP contribution in [0.25, 0.3) is 0 Å². The first-order chi connectivity index (χ1) is 8.74. The van der Waals surface area contributed by atoms with Crippen molar-refractivity contribution in [1.82, 2.24) is 0 Å². The molecule has 0 fully saturated rings. The van der Waals surface area contributed by atoms with Gasteiger partial charge in [-0.05, 0) is 13.8 Å². The summed E-state index contributed by atoms with van der Waals surface area (Å²) in [6, 6.07) is 0. The highest BCUT2D eigenvalue weighted by Gasteiger charge is 2.11. The molecule has 0 saturated carbocycles. The Morgan fingerprint density at radius 3 is 2.50 bits per heavy atom. The fraction of sp³-hybridized carbons (Fsp3) is 0.909. The third kappa shape index (κ3) is 10.4. The second-order valence-corrected chi connectivity index (χ2v) is 3.13. The Hall–Kier alpha value is -0.730. The largest absolute Gasteiger partial charge is 0.382 e.